The van der Waals surface area contributed by atoms with Crippen LogP contribution in [0.5, 0.6) is 0 Å². The highest BCUT2D eigenvalue weighted by Gasteiger charge is 2.10. The second-order valence-corrected chi connectivity index (χ2v) is 4.31. The molecule has 0 fully saturated rings. The van der Waals surface area contributed by atoms with Crippen LogP contribution in [0.1, 0.15) is 0 Å². The average Bonchev–Trinajstić information content (AvgIpc) is 2.75. The van der Waals surface area contributed by atoms with E-state index in [1.165, 1.54) is 11.8 Å². The number of thioether (sulfide) groups is 1. The van der Waals surface area contributed by atoms with Crippen molar-refractivity contribution in [1.82, 2.24) is 13.7 Å². The molecule has 15 heavy (non-hydrogen) atoms. The summed E-state index contributed by atoms with van der Waals surface area (Å²) in [6, 6.07) is 3.77. The summed E-state index contributed by atoms with van der Waals surface area (Å²) in [5, 5.41) is 0.783. The molecule has 0 bridgehead atoms. The van der Waals surface area contributed by atoms with E-state index < -0.39 is 0 Å². The molecular formula is C9H8FN3S2. The lowest BCUT2D eigenvalue weighted by Crippen LogP contribution is -1.85. The van der Waals surface area contributed by atoms with E-state index in [-0.39, 0.29) is 6.67 Å². The van der Waals surface area contributed by atoms with Crippen LogP contribution in [0, 0.1) is 0 Å². The van der Waals surface area contributed by atoms with Gasteiger partial charge in [-0.05, 0) is 12.1 Å². The molecule has 0 radical (unpaired) electrons. The number of hydrogen-bond donors (Lipinski definition) is 0. The molecule has 0 saturated carbocycles. The van der Waals surface area contributed by atoms with Gasteiger partial charge in [0.15, 0.2) is 0 Å². The van der Waals surface area contributed by atoms with Crippen LogP contribution in [-0.2, 0) is 0 Å². The van der Waals surface area contributed by atoms with Gasteiger partial charge in [-0.3, -0.25) is 9.37 Å². The first-order chi connectivity index (χ1) is 7.42. The Balaban J connectivity index is 2.25. The van der Waals surface area contributed by atoms with Crippen molar-refractivity contribution in [2.24, 2.45) is 0 Å². The molecule has 2 aromatic heterocycles. The predicted molar refractivity (Wildman–Crippen MR) is 59.8 cm³/mol. The first kappa shape index (κ1) is 10.5. The van der Waals surface area contributed by atoms with Crippen molar-refractivity contribution in [2.45, 2.75) is 5.03 Å². The molecule has 0 aliphatic rings. The Labute approximate surface area is 95.1 Å². The maximum Gasteiger partial charge on any atom is 0.138 e. The van der Waals surface area contributed by atoms with Crippen LogP contribution >= 0.6 is 23.5 Å². The molecule has 2 heterocycles. The van der Waals surface area contributed by atoms with Gasteiger partial charge in [0.2, 0.25) is 0 Å². The summed E-state index contributed by atoms with van der Waals surface area (Å²) in [5.74, 6) is 0.415. The van der Waals surface area contributed by atoms with Crippen LogP contribution in [0.15, 0.2) is 29.6 Å². The summed E-state index contributed by atoms with van der Waals surface area (Å²) < 4.78 is 20.4. The van der Waals surface area contributed by atoms with E-state index in [1.807, 2.05) is 12.1 Å². The van der Waals surface area contributed by atoms with Gasteiger partial charge in [-0.1, -0.05) is 0 Å². The summed E-state index contributed by atoms with van der Waals surface area (Å²) in [6.45, 7) is -0.353. The lowest BCUT2D eigenvalue weighted by molar-refractivity contribution is 0.532. The van der Waals surface area contributed by atoms with Crippen molar-refractivity contribution in [3.63, 3.8) is 0 Å². The molecule has 0 saturated heterocycles. The molecule has 0 N–H and O–H groups in total. The number of nitrogens with zero attached hydrogens (tertiary/aromatic N) is 3. The number of rotatable bonds is 4. The van der Waals surface area contributed by atoms with Crippen molar-refractivity contribution in [2.75, 3.05) is 12.4 Å². The third-order valence-corrected chi connectivity index (χ3v) is 3.27. The number of halogens is 1. The second kappa shape index (κ2) is 5.18. The highest BCUT2D eigenvalue weighted by Crippen LogP contribution is 2.28. The maximum atomic E-state index is 12.0. The lowest BCUT2D eigenvalue weighted by atomic mass is 10.2. The molecular weight excluding hydrogens is 233 g/mol. The number of pyridine rings is 1. The van der Waals surface area contributed by atoms with Crippen molar-refractivity contribution in [3.8, 4) is 11.3 Å². The average molecular weight is 241 g/mol. The van der Waals surface area contributed by atoms with Gasteiger partial charge in [-0.15, -0.1) is 11.8 Å². The van der Waals surface area contributed by atoms with E-state index in [1.54, 1.807) is 12.4 Å². The van der Waals surface area contributed by atoms with Gasteiger partial charge < -0.3 is 0 Å². The van der Waals surface area contributed by atoms with E-state index in [4.69, 9.17) is 0 Å². The Hall–Kier alpha value is -1.01. The van der Waals surface area contributed by atoms with Crippen molar-refractivity contribution < 1.29 is 4.39 Å². The molecule has 0 aliphatic carbocycles. The molecule has 0 spiro atoms. The Morgan fingerprint density at radius 2 is 2.33 bits per heavy atom. The number of aromatic nitrogens is 3. The molecule has 0 aromatic carbocycles. The highest BCUT2D eigenvalue weighted by molar-refractivity contribution is 7.99. The molecule has 0 amide bonds. The number of hydrogen-bond acceptors (Lipinski definition) is 5. The zero-order chi connectivity index (χ0) is 10.5. The van der Waals surface area contributed by atoms with Gasteiger partial charge in [-0.2, -0.15) is 8.75 Å². The molecule has 0 unspecified atom stereocenters. The SMILES string of the molecule is FCCSc1nsnc1-c1cccnc1. The minimum absolute atomic E-state index is 0.353. The molecule has 2 aromatic rings. The van der Waals surface area contributed by atoms with E-state index in [2.05, 4.69) is 13.7 Å². The minimum Gasteiger partial charge on any atom is -0.264 e. The third-order valence-electron chi connectivity index (χ3n) is 1.71. The van der Waals surface area contributed by atoms with Gasteiger partial charge in [-0.25, -0.2) is 0 Å². The van der Waals surface area contributed by atoms with Crippen LogP contribution in [0.25, 0.3) is 11.3 Å². The van der Waals surface area contributed by atoms with Gasteiger partial charge in [0.25, 0.3) is 0 Å². The van der Waals surface area contributed by atoms with Crippen LogP contribution in [0.4, 0.5) is 4.39 Å². The standard InChI is InChI=1S/C9H8FN3S2/c10-3-5-14-9-8(12-15-13-9)7-2-1-4-11-6-7/h1-2,4,6H,3,5H2. The Morgan fingerprint density at radius 3 is 3.07 bits per heavy atom. The largest absolute Gasteiger partial charge is 0.264 e. The van der Waals surface area contributed by atoms with Gasteiger partial charge in [0.05, 0.1) is 18.4 Å². The zero-order valence-electron chi connectivity index (χ0n) is 7.76. The Kier molecular flexibility index (Phi) is 3.63. The summed E-state index contributed by atoms with van der Waals surface area (Å²) in [6.07, 6.45) is 3.44. The minimum atomic E-state index is -0.353. The highest BCUT2D eigenvalue weighted by atomic mass is 32.2. The zero-order valence-corrected chi connectivity index (χ0v) is 9.39. The van der Waals surface area contributed by atoms with E-state index in [0.717, 1.165) is 28.0 Å². The van der Waals surface area contributed by atoms with Crippen LogP contribution < -0.4 is 0 Å². The fourth-order valence-corrected chi connectivity index (χ4v) is 2.50. The predicted octanol–water partition coefficient (Wildman–Crippen LogP) is 2.66. The van der Waals surface area contributed by atoms with Crippen LogP contribution in [-0.4, -0.2) is 26.2 Å². The molecule has 0 aliphatic heterocycles. The van der Waals surface area contributed by atoms with Gasteiger partial charge >= 0.3 is 0 Å². The van der Waals surface area contributed by atoms with Crippen LogP contribution in [0.3, 0.4) is 0 Å². The Morgan fingerprint density at radius 1 is 1.40 bits per heavy atom. The normalized spacial score (nSPS) is 10.5. The summed E-state index contributed by atoms with van der Waals surface area (Å²) >= 11 is 2.52. The first-order valence-corrected chi connectivity index (χ1v) is 6.05. The van der Waals surface area contributed by atoms with Crippen molar-refractivity contribution in [1.29, 1.82) is 0 Å². The van der Waals surface area contributed by atoms with E-state index in [9.17, 15) is 4.39 Å². The third kappa shape index (κ3) is 2.51. The van der Waals surface area contributed by atoms with Gasteiger partial charge in [0, 0.05) is 23.7 Å². The van der Waals surface area contributed by atoms with Crippen molar-refractivity contribution in [3.05, 3.63) is 24.5 Å². The molecule has 2 rings (SSSR count). The fraction of sp³-hybridized carbons (Fsp3) is 0.222. The van der Waals surface area contributed by atoms with Crippen LogP contribution in [0.2, 0.25) is 0 Å². The second-order valence-electron chi connectivity index (χ2n) is 2.70. The summed E-state index contributed by atoms with van der Waals surface area (Å²) in [5.41, 5.74) is 1.72. The fourth-order valence-electron chi connectivity index (χ4n) is 1.09. The van der Waals surface area contributed by atoms with E-state index in [0.29, 0.717) is 5.75 Å². The monoisotopic (exact) mass is 241 g/mol. The quantitative estimate of drug-likeness (QED) is 0.771. The first-order valence-electron chi connectivity index (χ1n) is 4.33. The topological polar surface area (TPSA) is 38.7 Å². The molecule has 6 heteroatoms. The number of alkyl halides is 1. The lowest BCUT2D eigenvalue weighted by Gasteiger charge is -1.98. The Bertz CT molecular complexity index is 418. The maximum absolute atomic E-state index is 12.0. The smallest absolute Gasteiger partial charge is 0.138 e. The summed E-state index contributed by atoms with van der Waals surface area (Å²) in [4.78, 5) is 4.02. The molecule has 0 atom stereocenters. The molecule has 78 valence electrons. The van der Waals surface area contributed by atoms with Gasteiger partial charge in [0.1, 0.15) is 10.7 Å². The van der Waals surface area contributed by atoms with Crippen molar-refractivity contribution >= 4 is 23.5 Å². The summed E-state index contributed by atoms with van der Waals surface area (Å²) in [7, 11) is 0. The molecule has 3 nitrogen and oxygen atoms in total. The van der Waals surface area contributed by atoms with E-state index >= 15 is 0 Å².